The van der Waals surface area contributed by atoms with E-state index < -0.39 is 0 Å². The highest BCUT2D eigenvalue weighted by Gasteiger charge is 2.10. The zero-order chi connectivity index (χ0) is 17.1. The number of aryl methyl sites for hydroxylation is 1. The normalized spacial score (nSPS) is 10.6. The van der Waals surface area contributed by atoms with Crippen LogP contribution in [0.2, 0.25) is 0 Å². The molecule has 0 aliphatic carbocycles. The second-order valence-electron chi connectivity index (χ2n) is 5.65. The largest absolute Gasteiger partial charge is 0.458 e. The summed E-state index contributed by atoms with van der Waals surface area (Å²) in [5.74, 6) is 1.30. The first-order valence-corrected chi connectivity index (χ1v) is 8.47. The van der Waals surface area contributed by atoms with Gasteiger partial charge in [0.25, 0.3) is 5.91 Å². The first-order valence-electron chi connectivity index (χ1n) is 7.60. The van der Waals surface area contributed by atoms with Crippen molar-refractivity contribution in [1.82, 2.24) is 10.3 Å². The lowest BCUT2D eigenvalue weighted by Crippen LogP contribution is -2.22. The van der Waals surface area contributed by atoms with Gasteiger partial charge in [-0.3, -0.25) is 4.79 Å². The average Bonchev–Trinajstić information content (AvgIpc) is 3.21. The van der Waals surface area contributed by atoms with Crippen LogP contribution >= 0.6 is 11.3 Å². The molecule has 124 valence electrons. The maximum Gasteiger partial charge on any atom is 0.251 e. The first kappa shape index (κ1) is 16.3. The summed E-state index contributed by atoms with van der Waals surface area (Å²) in [6.45, 7) is 2.30. The Morgan fingerprint density at radius 1 is 1.29 bits per heavy atom. The Kier molecular flexibility index (Phi) is 4.66. The molecule has 1 N–H and O–H groups in total. The van der Waals surface area contributed by atoms with Gasteiger partial charge in [0.15, 0.2) is 5.76 Å². The predicted octanol–water partition coefficient (Wildman–Crippen LogP) is 3.71. The summed E-state index contributed by atoms with van der Waals surface area (Å²) < 4.78 is 5.75. The molecule has 6 heteroatoms. The van der Waals surface area contributed by atoms with E-state index in [1.165, 1.54) is 0 Å². The minimum Gasteiger partial charge on any atom is -0.458 e. The minimum atomic E-state index is -0.124. The van der Waals surface area contributed by atoms with Crippen LogP contribution in [0.3, 0.4) is 0 Å². The number of carbonyl (C=O) groups is 1. The average molecular weight is 341 g/mol. The molecule has 0 radical (unpaired) electrons. The Bertz CT molecular complexity index is 851. The van der Waals surface area contributed by atoms with Crippen LogP contribution in [-0.4, -0.2) is 25.0 Å². The van der Waals surface area contributed by atoms with E-state index in [1.54, 1.807) is 17.4 Å². The smallest absolute Gasteiger partial charge is 0.251 e. The highest BCUT2D eigenvalue weighted by atomic mass is 32.1. The highest BCUT2D eigenvalue weighted by molar-refractivity contribution is 7.09. The quantitative estimate of drug-likeness (QED) is 0.768. The van der Waals surface area contributed by atoms with Crippen molar-refractivity contribution in [3.05, 3.63) is 58.1 Å². The Balaban J connectivity index is 1.64. The SMILES string of the molecule is Cc1nc(-c2ccc(CNC(=O)c3cccc(N(C)C)c3)o2)cs1. The Hall–Kier alpha value is -2.60. The van der Waals surface area contributed by atoms with Crippen molar-refractivity contribution in [2.45, 2.75) is 13.5 Å². The van der Waals surface area contributed by atoms with E-state index in [4.69, 9.17) is 4.42 Å². The van der Waals surface area contributed by atoms with Crippen LogP contribution in [0.5, 0.6) is 0 Å². The number of hydrogen-bond donors (Lipinski definition) is 1. The molecule has 24 heavy (non-hydrogen) atoms. The Labute approximate surface area is 144 Å². The molecule has 0 bridgehead atoms. The number of anilines is 1. The van der Waals surface area contributed by atoms with Crippen molar-refractivity contribution in [2.75, 3.05) is 19.0 Å². The van der Waals surface area contributed by atoms with Crippen LogP contribution in [0, 0.1) is 6.92 Å². The molecule has 3 aromatic rings. The number of amides is 1. The monoisotopic (exact) mass is 341 g/mol. The van der Waals surface area contributed by atoms with E-state index in [-0.39, 0.29) is 5.91 Å². The number of hydrogen-bond acceptors (Lipinski definition) is 5. The van der Waals surface area contributed by atoms with Crippen LogP contribution in [0.4, 0.5) is 5.69 Å². The minimum absolute atomic E-state index is 0.124. The van der Waals surface area contributed by atoms with Crippen molar-refractivity contribution < 1.29 is 9.21 Å². The molecule has 5 nitrogen and oxygen atoms in total. The summed E-state index contributed by atoms with van der Waals surface area (Å²) in [7, 11) is 3.89. The second-order valence-corrected chi connectivity index (χ2v) is 6.71. The van der Waals surface area contributed by atoms with E-state index in [2.05, 4.69) is 10.3 Å². The van der Waals surface area contributed by atoms with Gasteiger partial charge in [-0.15, -0.1) is 11.3 Å². The van der Waals surface area contributed by atoms with E-state index in [0.29, 0.717) is 17.9 Å². The number of thiazole rings is 1. The van der Waals surface area contributed by atoms with Crippen LogP contribution in [-0.2, 0) is 6.54 Å². The van der Waals surface area contributed by atoms with E-state index in [0.717, 1.165) is 22.1 Å². The van der Waals surface area contributed by atoms with E-state index in [1.807, 2.05) is 61.6 Å². The number of nitrogens with zero attached hydrogens (tertiary/aromatic N) is 2. The number of aromatic nitrogens is 1. The maximum atomic E-state index is 12.3. The van der Waals surface area contributed by atoms with Crippen molar-refractivity contribution in [3.8, 4) is 11.5 Å². The molecule has 3 rings (SSSR count). The van der Waals surface area contributed by atoms with Crippen molar-refractivity contribution in [3.63, 3.8) is 0 Å². The molecule has 1 amide bonds. The van der Waals surface area contributed by atoms with Crippen LogP contribution in [0.15, 0.2) is 46.2 Å². The number of rotatable bonds is 5. The van der Waals surface area contributed by atoms with Gasteiger partial charge in [-0.2, -0.15) is 0 Å². The Morgan fingerprint density at radius 3 is 2.83 bits per heavy atom. The molecule has 0 saturated heterocycles. The number of carbonyl (C=O) groups excluding carboxylic acids is 1. The lowest BCUT2D eigenvalue weighted by atomic mass is 10.2. The van der Waals surface area contributed by atoms with Crippen LogP contribution in [0.1, 0.15) is 21.1 Å². The van der Waals surface area contributed by atoms with Crippen molar-refractivity contribution in [1.29, 1.82) is 0 Å². The zero-order valence-corrected chi connectivity index (χ0v) is 14.7. The predicted molar refractivity (Wildman–Crippen MR) is 96.5 cm³/mol. The van der Waals surface area contributed by atoms with Gasteiger partial charge >= 0.3 is 0 Å². The lowest BCUT2D eigenvalue weighted by molar-refractivity contribution is 0.0948. The number of benzene rings is 1. The van der Waals surface area contributed by atoms with Crippen molar-refractivity contribution >= 4 is 22.9 Å². The molecule has 2 aromatic heterocycles. The molecule has 0 fully saturated rings. The summed E-state index contributed by atoms with van der Waals surface area (Å²) in [4.78, 5) is 18.7. The van der Waals surface area contributed by atoms with Gasteiger partial charge in [0.2, 0.25) is 0 Å². The van der Waals surface area contributed by atoms with E-state index in [9.17, 15) is 4.79 Å². The second kappa shape index (κ2) is 6.88. The van der Waals surface area contributed by atoms with Crippen LogP contribution < -0.4 is 10.2 Å². The fourth-order valence-corrected chi connectivity index (χ4v) is 2.88. The maximum absolute atomic E-state index is 12.3. The molecule has 1 aromatic carbocycles. The summed E-state index contributed by atoms with van der Waals surface area (Å²) in [5.41, 5.74) is 2.44. The standard InChI is InChI=1S/C18H19N3O2S/c1-12-20-16(11-24-12)17-8-7-15(23-17)10-19-18(22)13-5-4-6-14(9-13)21(2)3/h4-9,11H,10H2,1-3H3,(H,19,22). The summed E-state index contributed by atoms with van der Waals surface area (Å²) in [6.07, 6.45) is 0. The van der Waals surface area contributed by atoms with Gasteiger partial charge in [-0.25, -0.2) is 4.98 Å². The van der Waals surface area contributed by atoms with Gasteiger partial charge < -0.3 is 14.6 Å². The molecule has 0 saturated carbocycles. The Morgan fingerprint density at radius 2 is 2.12 bits per heavy atom. The third-order valence-corrected chi connectivity index (χ3v) is 4.35. The molecule has 0 aliphatic heterocycles. The summed E-state index contributed by atoms with van der Waals surface area (Å²) >= 11 is 1.58. The first-order chi connectivity index (χ1) is 11.5. The molecule has 0 spiro atoms. The third-order valence-electron chi connectivity index (χ3n) is 3.58. The summed E-state index contributed by atoms with van der Waals surface area (Å²) in [6, 6.07) is 11.2. The molecule has 0 atom stereocenters. The third kappa shape index (κ3) is 3.65. The molecule has 2 heterocycles. The van der Waals surface area contributed by atoms with E-state index >= 15 is 0 Å². The van der Waals surface area contributed by atoms with Crippen LogP contribution in [0.25, 0.3) is 11.5 Å². The van der Waals surface area contributed by atoms with Crippen molar-refractivity contribution in [2.24, 2.45) is 0 Å². The molecule has 0 unspecified atom stereocenters. The lowest BCUT2D eigenvalue weighted by Gasteiger charge is -2.13. The van der Waals surface area contributed by atoms with Gasteiger partial charge in [-0.05, 0) is 37.3 Å². The molecular weight excluding hydrogens is 322 g/mol. The highest BCUT2D eigenvalue weighted by Crippen LogP contribution is 2.23. The topological polar surface area (TPSA) is 58.4 Å². The molecule has 0 aliphatic rings. The molecular formula is C18H19N3O2S. The fourth-order valence-electron chi connectivity index (χ4n) is 2.28. The summed E-state index contributed by atoms with van der Waals surface area (Å²) in [5, 5.41) is 5.84. The van der Waals surface area contributed by atoms with Gasteiger partial charge in [0.05, 0.1) is 11.6 Å². The van der Waals surface area contributed by atoms with Gasteiger partial charge in [0.1, 0.15) is 11.5 Å². The zero-order valence-electron chi connectivity index (χ0n) is 13.9. The van der Waals surface area contributed by atoms with Gasteiger partial charge in [-0.1, -0.05) is 6.07 Å². The fraction of sp³-hybridized carbons (Fsp3) is 0.222. The van der Waals surface area contributed by atoms with Gasteiger partial charge in [0, 0.05) is 30.7 Å². The number of nitrogens with one attached hydrogen (secondary N) is 1. The number of furan rings is 1.